The number of allylic oxidation sites excluding steroid dienone is 1. The minimum absolute atomic E-state index is 0.627. The number of nitriles is 1. The van der Waals surface area contributed by atoms with Crippen molar-refractivity contribution in [2.45, 2.75) is 6.61 Å². The van der Waals surface area contributed by atoms with E-state index in [2.05, 4.69) is 0 Å². The summed E-state index contributed by atoms with van der Waals surface area (Å²) in [6.45, 7) is 0.627. The molecule has 0 aliphatic heterocycles. The van der Waals surface area contributed by atoms with Gasteiger partial charge in [-0.05, 0) is 17.2 Å². The molecule has 1 aromatic rings. The minimum atomic E-state index is 0.627. The summed E-state index contributed by atoms with van der Waals surface area (Å²) in [5.74, 6) is 0. The number of hydrogen-bond acceptors (Lipinski definition) is 2. The van der Waals surface area contributed by atoms with Crippen molar-refractivity contribution in [1.29, 1.82) is 5.26 Å². The Morgan fingerprint density at radius 2 is 2.08 bits per heavy atom. The molecular weight excluding hydrogens is 162 g/mol. The van der Waals surface area contributed by atoms with Gasteiger partial charge in [0.1, 0.15) is 0 Å². The summed E-state index contributed by atoms with van der Waals surface area (Å²) in [6, 6.07) is 9.85. The van der Waals surface area contributed by atoms with E-state index in [0.717, 1.165) is 11.1 Å². The molecule has 0 aromatic heterocycles. The van der Waals surface area contributed by atoms with Gasteiger partial charge in [-0.3, -0.25) is 0 Å². The standard InChI is InChI=1S/C11H11NO/c1-13-9-11-6-4-10(5-7-11)3-2-8-12/h2-7H,9H2,1H3. The van der Waals surface area contributed by atoms with E-state index in [1.165, 1.54) is 6.08 Å². The average Bonchev–Trinajstić information content (AvgIpc) is 2.17. The van der Waals surface area contributed by atoms with Crippen molar-refractivity contribution in [3.63, 3.8) is 0 Å². The first-order valence-corrected chi connectivity index (χ1v) is 4.01. The van der Waals surface area contributed by atoms with Gasteiger partial charge in [-0.15, -0.1) is 0 Å². The molecule has 1 aromatic carbocycles. The zero-order chi connectivity index (χ0) is 9.52. The van der Waals surface area contributed by atoms with Gasteiger partial charge in [0.25, 0.3) is 0 Å². The molecule has 1 rings (SSSR count). The van der Waals surface area contributed by atoms with Crippen molar-refractivity contribution in [3.8, 4) is 6.07 Å². The highest BCUT2D eigenvalue weighted by atomic mass is 16.5. The van der Waals surface area contributed by atoms with Crippen LogP contribution in [0.15, 0.2) is 30.3 Å². The molecule has 0 fully saturated rings. The molecule has 0 saturated carbocycles. The van der Waals surface area contributed by atoms with Crippen molar-refractivity contribution >= 4 is 6.08 Å². The molecule has 13 heavy (non-hydrogen) atoms. The normalized spacial score (nSPS) is 10.2. The summed E-state index contributed by atoms with van der Waals surface area (Å²) in [4.78, 5) is 0. The predicted molar refractivity (Wildman–Crippen MR) is 51.8 cm³/mol. The van der Waals surface area contributed by atoms with E-state index in [9.17, 15) is 0 Å². The van der Waals surface area contributed by atoms with Crippen molar-refractivity contribution in [3.05, 3.63) is 41.5 Å². The molecule has 2 nitrogen and oxygen atoms in total. The van der Waals surface area contributed by atoms with Gasteiger partial charge in [0.2, 0.25) is 0 Å². The molecule has 0 radical (unpaired) electrons. The predicted octanol–water partition coefficient (Wildman–Crippen LogP) is 2.37. The van der Waals surface area contributed by atoms with Gasteiger partial charge >= 0.3 is 0 Å². The van der Waals surface area contributed by atoms with E-state index in [1.807, 2.05) is 30.3 Å². The fourth-order valence-electron chi connectivity index (χ4n) is 1.03. The summed E-state index contributed by atoms with van der Waals surface area (Å²) in [5, 5.41) is 8.31. The van der Waals surface area contributed by atoms with Crippen LogP contribution in [-0.2, 0) is 11.3 Å². The number of ether oxygens (including phenoxy) is 1. The molecule has 0 unspecified atom stereocenters. The second kappa shape index (κ2) is 5.13. The number of rotatable bonds is 3. The van der Waals surface area contributed by atoms with Gasteiger partial charge in [0, 0.05) is 13.2 Å². The second-order valence-electron chi connectivity index (χ2n) is 2.64. The second-order valence-corrected chi connectivity index (χ2v) is 2.64. The lowest BCUT2D eigenvalue weighted by Gasteiger charge is -1.98. The lowest BCUT2D eigenvalue weighted by Crippen LogP contribution is -1.86. The third-order valence-corrected chi connectivity index (χ3v) is 1.64. The third-order valence-electron chi connectivity index (χ3n) is 1.64. The maximum Gasteiger partial charge on any atom is 0.0912 e. The van der Waals surface area contributed by atoms with E-state index >= 15 is 0 Å². The Hall–Kier alpha value is -1.59. The van der Waals surface area contributed by atoms with Gasteiger partial charge in [0.15, 0.2) is 0 Å². The van der Waals surface area contributed by atoms with Crippen molar-refractivity contribution in [2.24, 2.45) is 0 Å². The van der Waals surface area contributed by atoms with Crippen LogP contribution in [0.1, 0.15) is 11.1 Å². The Kier molecular flexibility index (Phi) is 3.74. The molecule has 0 spiro atoms. The zero-order valence-corrected chi connectivity index (χ0v) is 7.53. The Balaban J connectivity index is 2.70. The van der Waals surface area contributed by atoms with Gasteiger partial charge in [0.05, 0.1) is 12.7 Å². The van der Waals surface area contributed by atoms with Crippen molar-refractivity contribution < 1.29 is 4.74 Å². The highest BCUT2D eigenvalue weighted by molar-refractivity contribution is 5.51. The Morgan fingerprint density at radius 3 is 2.62 bits per heavy atom. The lowest BCUT2D eigenvalue weighted by atomic mass is 10.1. The number of methoxy groups -OCH3 is 1. The Labute approximate surface area is 78.1 Å². The van der Waals surface area contributed by atoms with Gasteiger partial charge < -0.3 is 4.74 Å². The van der Waals surface area contributed by atoms with Crippen LogP contribution in [0.5, 0.6) is 0 Å². The van der Waals surface area contributed by atoms with E-state index in [1.54, 1.807) is 13.2 Å². The fraction of sp³-hybridized carbons (Fsp3) is 0.182. The number of nitrogens with zero attached hydrogens (tertiary/aromatic N) is 1. The summed E-state index contributed by atoms with van der Waals surface area (Å²) in [5.41, 5.74) is 2.16. The smallest absolute Gasteiger partial charge is 0.0912 e. The zero-order valence-electron chi connectivity index (χ0n) is 7.53. The maximum absolute atomic E-state index is 8.31. The molecule has 0 bridgehead atoms. The topological polar surface area (TPSA) is 33.0 Å². The molecule has 0 atom stereocenters. The van der Waals surface area contributed by atoms with Crippen molar-refractivity contribution in [2.75, 3.05) is 7.11 Å². The van der Waals surface area contributed by atoms with E-state index in [-0.39, 0.29) is 0 Å². The maximum atomic E-state index is 8.31. The van der Waals surface area contributed by atoms with Gasteiger partial charge in [-0.25, -0.2) is 0 Å². The van der Waals surface area contributed by atoms with Crippen LogP contribution in [-0.4, -0.2) is 7.11 Å². The third kappa shape index (κ3) is 3.10. The average molecular weight is 173 g/mol. The Morgan fingerprint density at radius 1 is 1.38 bits per heavy atom. The monoisotopic (exact) mass is 173 g/mol. The molecule has 0 N–H and O–H groups in total. The first-order valence-electron chi connectivity index (χ1n) is 4.01. The molecule has 66 valence electrons. The summed E-state index contributed by atoms with van der Waals surface area (Å²) < 4.78 is 4.98. The SMILES string of the molecule is COCc1ccc(C=CC#N)cc1. The van der Waals surface area contributed by atoms with Crippen LogP contribution >= 0.6 is 0 Å². The van der Waals surface area contributed by atoms with Gasteiger partial charge in [-0.1, -0.05) is 24.3 Å². The highest BCUT2D eigenvalue weighted by Gasteiger charge is 1.90. The molecule has 0 saturated heterocycles. The Bertz CT molecular complexity index is 319. The van der Waals surface area contributed by atoms with Crippen LogP contribution in [0.3, 0.4) is 0 Å². The van der Waals surface area contributed by atoms with E-state index in [4.69, 9.17) is 10.00 Å². The molecule has 0 aliphatic carbocycles. The molecule has 0 heterocycles. The summed E-state index contributed by atoms with van der Waals surface area (Å²) >= 11 is 0. The quantitative estimate of drug-likeness (QED) is 0.657. The van der Waals surface area contributed by atoms with E-state index < -0.39 is 0 Å². The van der Waals surface area contributed by atoms with Crippen LogP contribution < -0.4 is 0 Å². The molecular formula is C11H11NO. The van der Waals surface area contributed by atoms with Crippen LogP contribution in [0.2, 0.25) is 0 Å². The summed E-state index contributed by atoms with van der Waals surface area (Å²) in [6.07, 6.45) is 3.24. The number of benzene rings is 1. The first kappa shape index (κ1) is 9.50. The molecule has 0 amide bonds. The number of hydrogen-bond donors (Lipinski definition) is 0. The van der Waals surface area contributed by atoms with Crippen molar-refractivity contribution in [1.82, 2.24) is 0 Å². The first-order chi connectivity index (χ1) is 6.36. The van der Waals surface area contributed by atoms with E-state index in [0.29, 0.717) is 6.61 Å². The minimum Gasteiger partial charge on any atom is -0.380 e. The molecule has 0 aliphatic rings. The lowest BCUT2D eigenvalue weighted by molar-refractivity contribution is 0.185. The molecule has 2 heteroatoms. The largest absolute Gasteiger partial charge is 0.380 e. The summed E-state index contributed by atoms with van der Waals surface area (Å²) in [7, 11) is 1.67. The fourth-order valence-corrected chi connectivity index (χ4v) is 1.03. The highest BCUT2D eigenvalue weighted by Crippen LogP contribution is 2.06. The van der Waals surface area contributed by atoms with Gasteiger partial charge in [-0.2, -0.15) is 5.26 Å². The van der Waals surface area contributed by atoms with Crippen LogP contribution in [0.4, 0.5) is 0 Å². The van der Waals surface area contributed by atoms with Crippen LogP contribution in [0, 0.1) is 11.3 Å². The van der Waals surface area contributed by atoms with Crippen LogP contribution in [0.25, 0.3) is 6.08 Å².